The molecular weight excluding hydrogens is 412 g/mol. The van der Waals surface area contributed by atoms with Gasteiger partial charge in [-0.05, 0) is 63.7 Å². The summed E-state index contributed by atoms with van der Waals surface area (Å²) in [5.74, 6) is -0.572. The van der Waals surface area contributed by atoms with Crippen LogP contribution in [0.25, 0.3) is 5.53 Å². The number of rotatable bonds is 7. The predicted octanol–water partition coefficient (Wildman–Crippen LogP) is 4.84. The van der Waals surface area contributed by atoms with Gasteiger partial charge in [-0.3, -0.25) is 9.69 Å². The van der Waals surface area contributed by atoms with Crippen LogP contribution in [0.15, 0.2) is 11.3 Å². The standard InChI is InChI=1S/C22H36N4O4Si/c1-21(2,3)30-20(28)26-13-9-10-16(15-29-31(7,8)22(4,5)6)18(26)11-12-19(27)17(14-23)25-24/h9-13,15H2,1-8H3. The van der Waals surface area contributed by atoms with E-state index in [0.29, 0.717) is 18.8 Å². The van der Waals surface area contributed by atoms with Crippen molar-refractivity contribution in [3.63, 3.8) is 0 Å². The highest BCUT2D eigenvalue weighted by atomic mass is 28.4. The van der Waals surface area contributed by atoms with Gasteiger partial charge in [-0.1, -0.05) is 20.8 Å². The summed E-state index contributed by atoms with van der Waals surface area (Å²) >= 11 is 0. The van der Waals surface area contributed by atoms with Crippen LogP contribution in [0.1, 0.15) is 67.2 Å². The van der Waals surface area contributed by atoms with Crippen LogP contribution in [0, 0.1) is 11.3 Å². The average molecular weight is 449 g/mol. The molecule has 0 saturated heterocycles. The first-order valence-corrected chi connectivity index (χ1v) is 13.5. The Morgan fingerprint density at radius 2 is 1.84 bits per heavy atom. The molecule has 0 fully saturated rings. The minimum Gasteiger partial charge on any atom is -0.443 e. The Morgan fingerprint density at radius 1 is 1.23 bits per heavy atom. The summed E-state index contributed by atoms with van der Waals surface area (Å²) in [6, 6.07) is 1.59. The lowest BCUT2D eigenvalue weighted by Crippen LogP contribution is -2.43. The Kier molecular flexibility index (Phi) is 8.94. The summed E-state index contributed by atoms with van der Waals surface area (Å²) in [4.78, 5) is 29.4. The second-order valence-corrected chi connectivity index (χ2v) is 15.1. The Morgan fingerprint density at radius 3 is 2.32 bits per heavy atom. The molecule has 172 valence electrons. The molecule has 0 saturated carbocycles. The van der Waals surface area contributed by atoms with Gasteiger partial charge in [0.05, 0.1) is 6.61 Å². The maximum absolute atomic E-state index is 12.9. The van der Waals surface area contributed by atoms with E-state index in [1.165, 1.54) is 0 Å². The number of carbonyl (C=O) groups excluding carboxylic acids is 2. The molecule has 0 radical (unpaired) electrons. The summed E-state index contributed by atoms with van der Waals surface area (Å²) in [5, 5.41) is 8.97. The van der Waals surface area contributed by atoms with E-state index in [2.05, 4.69) is 38.7 Å². The Bertz CT molecular complexity index is 822. The maximum atomic E-state index is 12.9. The molecule has 0 aliphatic carbocycles. The van der Waals surface area contributed by atoms with Crippen molar-refractivity contribution in [1.82, 2.24) is 4.90 Å². The van der Waals surface area contributed by atoms with Crippen LogP contribution < -0.4 is 0 Å². The number of Topliss-reactive ketones (excluding diaryl/α,β-unsaturated/α-hetero) is 1. The van der Waals surface area contributed by atoms with Crippen LogP contribution in [-0.4, -0.2) is 54.3 Å². The van der Waals surface area contributed by atoms with E-state index in [9.17, 15) is 9.59 Å². The summed E-state index contributed by atoms with van der Waals surface area (Å²) < 4.78 is 12.0. The number of allylic oxidation sites excluding steroid dienone is 1. The zero-order valence-corrected chi connectivity index (χ0v) is 21.2. The molecule has 1 aliphatic rings. The van der Waals surface area contributed by atoms with Crippen LogP contribution in [0.5, 0.6) is 0 Å². The lowest BCUT2D eigenvalue weighted by Gasteiger charge is -2.38. The molecule has 1 aliphatic heterocycles. The lowest BCUT2D eigenvalue weighted by atomic mass is 9.98. The first-order valence-electron chi connectivity index (χ1n) is 10.6. The summed E-state index contributed by atoms with van der Waals surface area (Å²) in [7, 11) is -2.01. The normalized spacial score (nSPS) is 15.3. The largest absolute Gasteiger partial charge is 0.443 e. The Balaban J connectivity index is 3.22. The van der Waals surface area contributed by atoms with Crippen molar-refractivity contribution in [2.75, 3.05) is 13.2 Å². The molecule has 0 bridgehead atoms. The molecule has 0 aromatic carbocycles. The van der Waals surface area contributed by atoms with Crippen molar-refractivity contribution >= 4 is 25.9 Å². The van der Waals surface area contributed by atoms with Gasteiger partial charge in [0.1, 0.15) is 5.60 Å². The number of nitrogens with zero attached hydrogens (tertiary/aromatic N) is 4. The monoisotopic (exact) mass is 448 g/mol. The lowest BCUT2D eigenvalue weighted by molar-refractivity contribution is -0.116. The van der Waals surface area contributed by atoms with Crippen molar-refractivity contribution in [2.24, 2.45) is 0 Å². The number of hydrogen-bond donors (Lipinski definition) is 0. The molecular formula is C22H36N4O4Si. The molecule has 0 aromatic heterocycles. The van der Waals surface area contributed by atoms with Crippen molar-refractivity contribution in [2.45, 2.75) is 91.0 Å². The molecule has 0 unspecified atom stereocenters. The zero-order valence-electron chi connectivity index (χ0n) is 20.2. The number of ketones is 1. The second kappa shape index (κ2) is 10.4. The minimum atomic E-state index is -2.01. The summed E-state index contributed by atoms with van der Waals surface area (Å²) in [6.07, 6.45) is 1.25. The fourth-order valence-corrected chi connectivity index (χ4v) is 3.85. The molecule has 8 nitrogen and oxygen atoms in total. The van der Waals surface area contributed by atoms with E-state index in [4.69, 9.17) is 20.0 Å². The van der Waals surface area contributed by atoms with Crippen LogP contribution in [0.3, 0.4) is 0 Å². The first-order chi connectivity index (χ1) is 14.1. The maximum Gasteiger partial charge on any atom is 0.433 e. The van der Waals surface area contributed by atoms with Gasteiger partial charge in [0.25, 0.3) is 5.78 Å². The van der Waals surface area contributed by atoms with Gasteiger partial charge in [-0.25, -0.2) is 4.79 Å². The number of amides is 1. The molecule has 9 heteroatoms. The highest BCUT2D eigenvalue weighted by molar-refractivity contribution is 6.74. The molecule has 1 rings (SSSR count). The quantitative estimate of drug-likeness (QED) is 0.239. The third-order valence-corrected chi connectivity index (χ3v) is 10.2. The van der Waals surface area contributed by atoms with Gasteiger partial charge in [0, 0.05) is 18.7 Å². The van der Waals surface area contributed by atoms with Gasteiger partial charge >= 0.3 is 11.8 Å². The SMILES string of the molecule is CC(C)(C)OC(=O)N1CCCC(CO[Si](C)(C)C(C)(C)C)=C1CCC(=O)C(C#N)=[N+]=[N-]. The van der Waals surface area contributed by atoms with Gasteiger partial charge in [-0.2, -0.15) is 10.1 Å². The van der Waals surface area contributed by atoms with Crippen molar-refractivity contribution in [3.05, 3.63) is 16.8 Å². The van der Waals surface area contributed by atoms with E-state index in [1.807, 2.05) is 0 Å². The van der Waals surface area contributed by atoms with Crippen LogP contribution >= 0.6 is 0 Å². The van der Waals surface area contributed by atoms with Crippen molar-refractivity contribution in [1.29, 1.82) is 5.26 Å². The fourth-order valence-electron chi connectivity index (χ4n) is 2.88. The van der Waals surface area contributed by atoms with Crippen LogP contribution in [-0.2, 0) is 14.0 Å². The van der Waals surface area contributed by atoms with E-state index < -0.39 is 31.5 Å². The van der Waals surface area contributed by atoms with Gasteiger partial charge in [0.2, 0.25) is 0 Å². The second-order valence-electron chi connectivity index (χ2n) is 10.3. The molecule has 1 heterocycles. The van der Waals surface area contributed by atoms with E-state index in [-0.39, 0.29) is 17.9 Å². The molecule has 31 heavy (non-hydrogen) atoms. The molecule has 0 spiro atoms. The zero-order chi connectivity index (χ0) is 24.0. The first kappa shape index (κ1) is 26.8. The fraction of sp³-hybridized carbons (Fsp3) is 0.727. The van der Waals surface area contributed by atoms with E-state index in [1.54, 1.807) is 31.7 Å². The smallest absolute Gasteiger partial charge is 0.433 e. The van der Waals surface area contributed by atoms with Crippen LogP contribution in [0.2, 0.25) is 18.1 Å². The number of carbonyl (C=O) groups is 2. The number of hydrogen-bond acceptors (Lipinski definition) is 5. The highest BCUT2D eigenvalue weighted by Gasteiger charge is 2.38. The number of ether oxygens (including phenoxy) is 1. The topological polar surface area (TPSA) is 116 Å². The number of nitriles is 1. The average Bonchev–Trinajstić information content (AvgIpc) is 2.63. The third-order valence-electron chi connectivity index (χ3n) is 5.68. The van der Waals surface area contributed by atoms with E-state index in [0.717, 1.165) is 18.4 Å². The third kappa shape index (κ3) is 7.73. The highest BCUT2D eigenvalue weighted by Crippen LogP contribution is 2.38. The molecule has 0 atom stereocenters. The van der Waals surface area contributed by atoms with Crippen molar-refractivity contribution in [3.8, 4) is 6.07 Å². The van der Waals surface area contributed by atoms with Crippen LogP contribution in [0.4, 0.5) is 4.79 Å². The van der Waals surface area contributed by atoms with Gasteiger partial charge in [-0.15, -0.1) is 0 Å². The molecule has 0 aromatic rings. The van der Waals surface area contributed by atoms with Crippen molar-refractivity contribution < 1.29 is 23.5 Å². The van der Waals surface area contributed by atoms with E-state index >= 15 is 0 Å². The minimum absolute atomic E-state index is 0.0441. The van der Waals surface area contributed by atoms with Gasteiger partial charge in [0.15, 0.2) is 14.4 Å². The van der Waals surface area contributed by atoms with Gasteiger partial charge < -0.3 is 14.7 Å². The summed E-state index contributed by atoms with van der Waals surface area (Å²) in [6.45, 7) is 17.1. The molecule has 1 amide bonds. The summed E-state index contributed by atoms with van der Waals surface area (Å²) in [5.41, 5.74) is 9.31. The molecule has 0 N–H and O–H groups in total. The Hall–Kier alpha value is -2.27. The predicted molar refractivity (Wildman–Crippen MR) is 121 cm³/mol. The Labute approximate surface area is 186 Å².